The van der Waals surface area contributed by atoms with Crippen molar-refractivity contribution in [3.63, 3.8) is 0 Å². The lowest BCUT2D eigenvalue weighted by Crippen LogP contribution is -2.18. The van der Waals surface area contributed by atoms with E-state index < -0.39 is 28.0 Å². The van der Waals surface area contributed by atoms with Crippen LogP contribution in [0.2, 0.25) is 20.1 Å². The van der Waals surface area contributed by atoms with Crippen LogP contribution < -0.4 is 16.0 Å². The van der Waals surface area contributed by atoms with Crippen LogP contribution in [-0.2, 0) is 9.59 Å². The summed E-state index contributed by atoms with van der Waals surface area (Å²) in [5, 5.41) is 9.04. The third kappa shape index (κ3) is 6.01. The first-order chi connectivity index (χ1) is 17.8. The Hall–Kier alpha value is -2.19. The van der Waals surface area contributed by atoms with Crippen molar-refractivity contribution in [2.75, 3.05) is 16.0 Å². The van der Waals surface area contributed by atoms with Gasteiger partial charge in [0.25, 0.3) is 5.91 Å². The molecule has 2 atom stereocenters. The van der Waals surface area contributed by atoms with Crippen molar-refractivity contribution in [2.45, 2.75) is 24.1 Å². The lowest BCUT2D eigenvalue weighted by Gasteiger charge is -2.13. The second kappa shape index (κ2) is 11.1. The molecule has 3 aromatic carbocycles. The van der Waals surface area contributed by atoms with Gasteiger partial charge in [0.2, 0.25) is 11.8 Å². The molecule has 2 unspecified atom stereocenters. The Balaban J connectivity index is 1.50. The standard InChI is InChI=1S/C26H19Cl6N3O3/c1-11-7-14(33-12(2)36)4-6-20(11)35-24(37)16-10-15(3-5-17(16)27)34-25(38)22-21(26(22,31)32)13-8-18(28)23(30)19(29)9-13/h3-10,21-22H,1-2H3,(H,33,36)(H,34,38)(H,35,37). The highest BCUT2D eigenvalue weighted by Gasteiger charge is 2.67. The van der Waals surface area contributed by atoms with E-state index in [0.717, 1.165) is 5.56 Å². The van der Waals surface area contributed by atoms with Crippen molar-refractivity contribution >= 4 is 104 Å². The molecule has 0 aliphatic heterocycles. The molecule has 3 N–H and O–H groups in total. The minimum atomic E-state index is -1.39. The number of rotatable bonds is 6. The molecule has 0 aromatic heterocycles. The number of aryl methyl sites for hydroxylation is 1. The predicted octanol–water partition coefficient (Wildman–Crippen LogP) is 8.35. The molecule has 1 aliphatic carbocycles. The van der Waals surface area contributed by atoms with Crippen LogP contribution in [-0.4, -0.2) is 22.1 Å². The molecule has 38 heavy (non-hydrogen) atoms. The molecule has 198 valence electrons. The van der Waals surface area contributed by atoms with E-state index in [1.807, 2.05) is 0 Å². The van der Waals surface area contributed by atoms with Crippen LogP contribution >= 0.6 is 69.6 Å². The molecule has 1 fully saturated rings. The highest BCUT2D eigenvalue weighted by molar-refractivity contribution is 6.54. The maximum absolute atomic E-state index is 13.1. The molecule has 6 nitrogen and oxygen atoms in total. The number of carbonyl (C=O) groups excluding carboxylic acids is 3. The fourth-order valence-corrected chi connectivity index (χ4v) is 5.74. The Morgan fingerprint density at radius 1 is 0.789 bits per heavy atom. The maximum atomic E-state index is 13.1. The summed E-state index contributed by atoms with van der Waals surface area (Å²) in [6, 6.07) is 12.7. The molecule has 1 aliphatic rings. The van der Waals surface area contributed by atoms with E-state index in [1.54, 1.807) is 43.3 Å². The number of alkyl halides is 2. The first-order valence-electron chi connectivity index (χ1n) is 11.1. The first kappa shape index (κ1) is 28.8. The lowest BCUT2D eigenvalue weighted by molar-refractivity contribution is -0.117. The summed E-state index contributed by atoms with van der Waals surface area (Å²) in [5.74, 6) is -2.53. The van der Waals surface area contributed by atoms with Gasteiger partial charge in [-0.3, -0.25) is 14.4 Å². The second-order valence-corrected chi connectivity index (χ2v) is 11.8. The number of halogens is 6. The number of amides is 3. The van der Waals surface area contributed by atoms with Gasteiger partial charge in [0.05, 0.1) is 31.6 Å². The average molecular weight is 634 g/mol. The van der Waals surface area contributed by atoms with Crippen molar-refractivity contribution in [1.29, 1.82) is 0 Å². The average Bonchev–Trinajstić information content (AvgIpc) is 3.41. The largest absolute Gasteiger partial charge is 0.326 e. The normalized spacial score (nSPS) is 17.5. The zero-order valence-electron chi connectivity index (χ0n) is 19.8. The Morgan fingerprint density at radius 3 is 2.00 bits per heavy atom. The molecule has 0 saturated heterocycles. The van der Waals surface area contributed by atoms with E-state index in [4.69, 9.17) is 69.6 Å². The van der Waals surface area contributed by atoms with E-state index in [1.165, 1.54) is 19.1 Å². The number of hydrogen-bond donors (Lipinski definition) is 3. The zero-order valence-corrected chi connectivity index (χ0v) is 24.3. The van der Waals surface area contributed by atoms with Crippen molar-refractivity contribution in [2.24, 2.45) is 5.92 Å². The van der Waals surface area contributed by atoms with Gasteiger partial charge in [-0.2, -0.15) is 0 Å². The van der Waals surface area contributed by atoms with Crippen molar-refractivity contribution in [3.05, 3.63) is 85.3 Å². The number of hydrogen-bond acceptors (Lipinski definition) is 3. The monoisotopic (exact) mass is 631 g/mol. The van der Waals surface area contributed by atoms with Gasteiger partial charge in [0.1, 0.15) is 4.33 Å². The van der Waals surface area contributed by atoms with Crippen LogP contribution in [0.5, 0.6) is 0 Å². The highest BCUT2D eigenvalue weighted by Crippen LogP contribution is 2.65. The van der Waals surface area contributed by atoms with E-state index in [0.29, 0.717) is 22.6 Å². The summed E-state index contributed by atoms with van der Waals surface area (Å²) < 4.78 is -1.39. The molecular weight excluding hydrogens is 615 g/mol. The van der Waals surface area contributed by atoms with Crippen LogP contribution in [0.4, 0.5) is 17.1 Å². The van der Waals surface area contributed by atoms with Crippen LogP contribution in [0.1, 0.15) is 34.3 Å². The van der Waals surface area contributed by atoms with Gasteiger partial charge in [-0.15, -0.1) is 23.2 Å². The predicted molar refractivity (Wildman–Crippen MR) is 156 cm³/mol. The lowest BCUT2D eigenvalue weighted by atomic mass is 10.1. The van der Waals surface area contributed by atoms with Gasteiger partial charge in [-0.1, -0.05) is 46.4 Å². The Kier molecular flexibility index (Phi) is 8.43. The summed E-state index contributed by atoms with van der Waals surface area (Å²) in [6.45, 7) is 3.20. The van der Waals surface area contributed by atoms with Crippen molar-refractivity contribution in [3.8, 4) is 0 Å². The van der Waals surface area contributed by atoms with Gasteiger partial charge < -0.3 is 16.0 Å². The molecule has 0 spiro atoms. The summed E-state index contributed by atoms with van der Waals surface area (Å²) in [6.07, 6.45) is 0. The number of anilines is 3. The smallest absolute Gasteiger partial charge is 0.257 e. The number of nitrogens with one attached hydrogen (secondary N) is 3. The summed E-state index contributed by atoms with van der Waals surface area (Å²) in [5.41, 5.74) is 2.90. The molecular formula is C26H19Cl6N3O3. The van der Waals surface area contributed by atoms with Crippen LogP contribution in [0.25, 0.3) is 0 Å². The van der Waals surface area contributed by atoms with Gasteiger partial charge in [-0.05, 0) is 66.6 Å². The molecule has 3 amide bonds. The molecule has 0 bridgehead atoms. The first-order valence-corrected chi connectivity index (χ1v) is 13.4. The van der Waals surface area contributed by atoms with E-state index in [9.17, 15) is 14.4 Å². The topological polar surface area (TPSA) is 87.3 Å². The van der Waals surface area contributed by atoms with Gasteiger partial charge in [0, 0.05) is 29.9 Å². The van der Waals surface area contributed by atoms with Gasteiger partial charge >= 0.3 is 0 Å². The van der Waals surface area contributed by atoms with Crippen LogP contribution in [0, 0.1) is 12.8 Å². The van der Waals surface area contributed by atoms with Gasteiger partial charge in [0.15, 0.2) is 0 Å². The third-order valence-corrected chi connectivity index (χ3v) is 8.44. The van der Waals surface area contributed by atoms with Crippen molar-refractivity contribution < 1.29 is 14.4 Å². The minimum Gasteiger partial charge on any atom is -0.326 e. The molecule has 3 aromatic rings. The molecule has 4 rings (SSSR count). The Morgan fingerprint density at radius 2 is 1.39 bits per heavy atom. The molecule has 12 heteroatoms. The second-order valence-electron chi connectivity index (χ2n) is 8.78. The number of carbonyl (C=O) groups is 3. The zero-order chi connectivity index (χ0) is 27.9. The summed E-state index contributed by atoms with van der Waals surface area (Å²) in [4.78, 5) is 37.4. The summed E-state index contributed by atoms with van der Waals surface area (Å²) in [7, 11) is 0. The van der Waals surface area contributed by atoms with Gasteiger partial charge in [-0.25, -0.2) is 0 Å². The Labute approximate surface area is 248 Å². The fraction of sp³-hybridized carbons (Fsp3) is 0.192. The van der Waals surface area contributed by atoms with Crippen LogP contribution in [0.3, 0.4) is 0 Å². The van der Waals surface area contributed by atoms with E-state index in [2.05, 4.69) is 16.0 Å². The molecule has 0 radical (unpaired) electrons. The van der Waals surface area contributed by atoms with E-state index >= 15 is 0 Å². The summed E-state index contributed by atoms with van der Waals surface area (Å²) >= 11 is 37.4. The maximum Gasteiger partial charge on any atom is 0.257 e. The molecule has 0 heterocycles. The fourth-order valence-electron chi connectivity index (χ4n) is 4.09. The van der Waals surface area contributed by atoms with Crippen LogP contribution in [0.15, 0.2) is 48.5 Å². The minimum absolute atomic E-state index is 0.140. The third-order valence-electron chi connectivity index (χ3n) is 5.97. The SMILES string of the molecule is CC(=O)Nc1ccc(NC(=O)c2cc(NC(=O)C3C(c4cc(Cl)c(Cl)c(Cl)c4)C3(Cl)Cl)ccc2Cl)c(C)c1. The van der Waals surface area contributed by atoms with E-state index in [-0.39, 0.29) is 31.6 Å². The number of benzene rings is 3. The highest BCUT2D eigenvalue weighted by atomic mass is 35.5. The molecule has 1 saturated carbocycles. The Bertz CT molecular complexity index is 1450. The quantitative estimate of drug-likeness (QED) is 0.188. The van der Waals surface area contributed by atoms with Crippen molar-refractivity contribution in [1.82, 2.24) is 0 Å².